The number of nitrogens with zero attached hydrogens (tertiary/aromatic N) is 3. The summed E-state index contributed by atoms with van der Waals surface area (Å²) in [5, 5.41) is 19.0. The first kappa shape index (κ1) is 24.8. The Balaban J connectivity index is 1.10. The van der Waals surface area contributed by atoms with Gasteiger partial charge < -0.3 is 25.6 Å². The van der Waals surface area contributed by atoms with Crippen LogP contribution in [-0.2, 0) is 11.3 Å². The summed E-state index contributed by atoms with van der Waals surface area (Å²) in [4.78, 5) is 45.8. The lowest BCUT2D eigenvalue weighted by molar-refractivity contribution is -0.113. The summed E-state index contributed by atoms with van der Waals surface area (Å²) in [5.74, 6) is -0.910. The molecule has 2 fully saturated rings. The second-order valence-electron chi connectivity index (χ2n) is 10.1. The predicted octanol–water partition coefficient (Wildman–Crippen LogP) is 3.52. The van der Waals surface area contributed by atoms with Gasteiger partial charge in [-0.2, -0.15) is 0 Å². The van der Waals surface area contributed by atoms with Gasteiger partial charge in [-0.3, -0.25) is 9.59 Å². The maximum atomic E-state index is 15.0. The van der Waals surface area contributed by atoms with E-state index in [1.54, 1.807) is 4.57 Å². The molecular formula is C26H27FN6O4S. The highest BCUT2D eigenvalue weighted by molar-refractivity contribution is 8.00. The number of rotatable bonds is 7. The van der Waals surface area contributed by atoms with E-state index < -0.39 is 17.2 Å². The van der Waals surface area contributed by atoms with Gasteiger partial charge in [0.2, 0.25) is 11.3 Å². The van der Waals surface area contributed by atoms with Crippen LogP contribution >= 0.6 is 11.8 Å². The predicted molar refractivity (Wildman–Crippen MR) is 141 cm³/mol. The number of halogens is 1. The number of hydrogen-bond acceptors (Lipinski definition) is 8. The molecule has 1 aliphatic heterocycles. The van der Waals surface area contributed by atoms with Crippen LogP contribution in [0.5, 0.6) is 0 Å². The van der Waals surface area contributed by atoms with Crippen LogP contribution in [0.1, 0.15) is 60.6 Å². The van der Waals surface area contributed by atoms with Gasteiger partial charge in [0.05, 0.1) is 21.7 Å². The van der Waals surface area contributed by atoms with Crippen molar-refractivity contribution in [3.8, 4) is 0 Å². The van der Waals surface area contributed by atoms with Crippen LogP contribution in [0.3, 0.4) is 0 Å². The molecule has 4 heterocycles. The van der Waals surface area contributed by atoms with E-state index in [0.717, 1.165) is 55.2 Å². The van der Waals surface area contributed by atoms with Crippen LogP contribution in [-0.4, -0.2) is 49.4 Å². The minimum atomic E-state index is -1.33. The van der Waals surface area contributed by atoms with E-state index in [-0.39, 0.29) is 34.8 Å². The lowest BCUT2D eigenvalue weighted by Gasteiger charge is -2.30. The van der Waals surface area contributed by atoms with Gasteiger partial charge in [-0.25, -0.2) is 19.2 Å². The van der Waals surface area contributed by atoms with Crippen LogP contribution in [0.2, 0.25) is 0 Å². The number of fused-ring (bicyclic) bond motifs is 2. The molecule has 3 aromatic heterocycles. The molecular weight excluding hydrogens is 511 g/mol. The molecule has 0 radical (unpaired) electrons. The first-order chi connectivity index (χ1) is 18.4. The van der Waals surface area contributed by atoms with Crippen molar-refractivity contribution in [2.75, 3.05) is 16.4 Å². The van der Waals surface area contributed by atoms with Crippen LogP contribution in [0.25, 0.3) is 11.0 Å². The number of nitrogens with one attached hydrogen (secondary N) is 3. The fourth-order valence-electron chi connectivity index (χ4n) is 5.12. The van der Waals surface area contributed by atoms with Gasteiger partial charge in [-0.05, 0) is 56.7 Å². The van der Waals surface area contributed by atoms with Crippen LogP contribution in [0.15, 0.2) is 34.1 Å². The molecule has 1 amide bonds. The van der Waals surface area contributed by atoms with Crippen LogP contribution in [0, 0.1) is 5.82 Å². The molecule has 0 atom stereocenters. The Bertz CT molecular complexity index is 1500. The molecule has 10 nitrogen and oxygen atoms in total. The topological polar surface area (TPSA) is 138 Å². The number of pyridine rings is 3. The van der Waals surface area contributed by atoms with Crippen LogP contribution < -0.4 is 21.4 Å². The zero-order valence-corrected chi connectivity index (χ0v) is 21.3. The number of amides is 1. The van der Waals surface area contributed by atoms with Crippen molar-refractivity contribution in [3.63, 3.8) is 0 Å². The summed E-state index contributed by atoms with van der Waals surface area (Å²) in [6, 6.07) is 5.46. The van der Waals surface area contributed by atoms with E-state index in [9.17, 15) is 23.9 Å². The fourth-order valence-corrected chi connectivity index (χ4v) is 5.87. The number of aromatic nitrogens is 3. The third kappa shape index (κ3) is 4.97. The Hall–Kier alpha value is -3.51. The van der Waals surface area contributed by atoms with Gasteiger partial charge in [0, 0.05) is 30.9 Å². The van der Waals surface area contributed by atoms with E-state index in [1.807, 2.05) is 12.1 Å². The number of aromatic carboxylic acids is 1. The van der Waals surface area contributed by atoms with Gasteiger partial charge in [0.1, 0.15) is 17.0 Å². The molecule has 38 heavy (non-hydrogen) atoms. The van der Waals surface area contributed by atoms with E-state index in [2.05, 4.69) is 25.9 Å². The number of anilines is 2. The molecule has 4 N–H and O–H groups in total. The van der Waals surface area contributed by atoms with Crippen molar-refractivity contribution in [2.45, 2.75) is 68.1 Å². The van der Waals surface area contributed by atoms with Crippen molar-refractivity contribution in [3.05, 3.63) is 51.7 Å². The second-order valence-corrected chi connectivity index (χ2v) is 11.1. The maximum Gasteiger partial charge on any atom is 0.341 e. The maximum absolute atomic E-state index is 15.0. The number of carbonyl (C=O) groups excluding carboxylic acids is 1. The first-order valence-corrected chi connectivity index (χ1v) is 13.8. The third-order valence-corrected chi connectivity index (χ3v) is 8.35. The number of hydrogen-bond donors (Lipinski definition) is 4. The van der Waals surface area contributed by atoms with Gasteiger partial charge in [0.25, 0.3) is 0 Å². The van der Waals surface area contributed by atoms with Crippen molar-refractivity contribution in [2.24, 2.45) is 0 Å². The van der Waals surface area contributed by atoms with Gasteiger partial charge in [-0.15, -0.1) is 11.8 Å². The van der Waals surface area contributed by atoms with Crippen molar-refractivity contribution >= 4 is 46.3 Å². The average molecular weight is 539 g/mol. The second kappa shape index (κ2) is 9.99. The van der Waals surface area contributed by atoms with Crippen molar-refractivity contribution in [1.29, 1.82) is 0 Å². The fraction of sp³-hybridized carbons (Fsp3) is 0.423. The molecule has 0 spiro atoms. The molecule has 0 unspecified atom stereocenters. The number of carboxylic acid groups (broad SMARTS) is 1. The highest BCUT2D eigenvalue weighted by atomic mass is 32.2. The Morgan fingerprint density at radius 3 is 2.63 bits per heavy atom. The van der Waals surface area contributed by atoms with Crippen molar-refractivity contribution in [1.82, 2.24) is 19.9 Å². The van der Waals surface area contributed by atoms with Gasteiger partial charge in [0.15, 0.2) is 11.6 Å². The molecule has 0 aromatic carbocycles. The van der Waals surface area contributed by atoms with E-state index in [4.69, 9.17) is 0 Å². The molecule has 6 rings (SSSR count). The highest BCUT2D eigenvalue weighted by Gasteiger charge is 2.29. The number of carboxylic acids is 1. The molecule has 12 heteroatoms. The largest absolute Gasteiger partial charge is 0.477 e. The standard InChI is InChI=1S/C26H27FN6O4S/c27-19-9-17-22(35)18(26(36)37)11-33(16-6-7-16)25(17)32-23(19)29-14-3-1-13(2-4-14)28-10-15-5-8-20-24(30-15)31-21(34)12-38-20/h5,8-9,11,13-14,16,28H,1-4,6-7,10,12H2,(H,29,32)(H,36,37)(H,30,31,34). The summed E-state index contributed by atoms with van der Waals surface area (Å²) < 4.78 is 16.7. The quantitative estimate of drug-likeness (QED) is 0.356. The molecule has 3 aliphatic rings. The minimum Gasteiger partial charge on any atom is -0.477 e. The first-order valence-electron chi connectivity index (χ1n) is 12.8. The third-order valence-electron chi connectivity index (χ3n) is 7.30. The summed E-state index contributed by atoms with van der Waals surface area (Å²) in [7, 11) is 0. The summed E-state index contributed by atoms with van der Waals surface area (Å²) in [5.41, 5.74) is 0.0886. The molecule has 0 bridgehead atoms. The Morgan fingerprint density at radius 1 is 1.13 bits per heavy atom. The summed E-state index contributed by atoms with van der Waals surface area (Å²) >= 11 is 1.49. The smallest absolute Gasteiger partial charge is 0.341 e. The lowest BCUT2D eigenvalue weighted by Crippen LogP contribution is -2.37. The monoisotopic (exact) mass is 538 g/mol. The number of thioether (sulfide) groups is 1. The Morgan fingerprint density at radius 2 is 1.89 bits per heavy atom. The molecule has 0 saturated heterocycles. The van der Waals surface area contributed by atoms with E-state index in [1.165, 1.54) is 18.0 Å². The summed E-state index contributed by atoms with van der Waals surface area (Å²) in [6.45, 7) is 0.592. The number of carbonyl (C=O) groups is 2. The van der Waals surface area contributed by atoms with Gasteiger partial charge >= 0.3 is 5.97 Å². The average Bonchev–Trinajstić information content (AvgIpc) is 3.74. The van der Waals surface area contributed by atoms with Crippen molar-refractivity contribution < 1.29 is 19.1 Å². The Kier molecular flexibility index (Phi) is 6.52. The molecule has 3 aromatic rings. The molecule has 2 saturated carbocycles. The lowest BCUT2D eigenvalue weighted by atomic mass is 9.91. The van der Waals surface area contributed by atoms with E-state index >= 15 is 0 Å². The normalized spacial score (nSPS) is 21.1. The Labute approximate surface area is 221 Å². The summed E-state index contributed by atoms with van der Waals surface area (Å²) in [6.07, 6.45) is 6.47. The van der Waals surface area contributed by atoms with Gasteiger partial charge in [-0.1, -0.05) is 0 Å². The SMILES string of the molecule is O=C1CSc2ccc(CNC3CCC(Nc4nc5c(cc4F)c(=O)c(C(=O)O)cn5C4CC4)CC3)nc2N1. The van der Waals surface area contributed by atoms with Crippen LogP contribution in [0.4, 0.5) is 16.0 Å². The zero-order chi connectivity index (χ0) is 26.4. The minimum absolute atomic E-state index is 0.0123. The van der Waals surface area contributed by atoms with E-state index in [0.29, 0.717) is 29.8 Å². The molecule has 198 valence electrons. The molecule has 2 aliphatic carbocycles. The highest BCUT2D eigenvalue weighted by Crippen LogP contribution is 2.37. The zero-order valence-electron chi connectivity index (χ0n) is 20.5.